The van der Waals surface area contributed by atoms with Crippen molar-refractivity contribution in [2.45, 2.75) is 18.8 Å². The van der Waals surface area contributed by atoms with E-state index in [0.717, 1.165) is 21.3 Å². The molecule has 1 aromatic heterocycles. The predicted octanol–water partition coefficient (Wildman–Crippen LogP) is 3.20. The standard InChI is InChI=1S/C10H9BrN2/c11-7-3-4-8-9(5-7)13-10(12-8)6-1-2-6/h3-6H,1-2H2,(H,12,13). The van der Waals surface area contributed by atoms with Crippen molar-refractivity contribution in [3.8, 4) is 0 Å². The molecule has 1 fully saturated rings. The number of imidazole rings is 1. The molecule has 1 aliphatic carbocycles. The van der Waals surface area contributed by atoms with Gasteiger partial charge in [-0.3, -0.25) is 0 Å². The Labute approximate surface area is 84.5 Å². The number of nitrogens with zero attached hydrogens (tertiary/aromatic N) is 1. The van der Waals surface area contributed by atoms with Gasteiger partial charge in [0.25, 0.3) is 0 Å². The van der Waals surface area contributed by atoms with Crippen molar-refractivity contribution in [3.63, 3.8) is 0 Å². The van der Waals surface area contributed by atoms with Crippen LogP contribution in [0.25, 0.3) is 11.0 Å². The maximum Gasteiger partial charge on any atom is 0.110 e. The number of hydrogen-bond donors (Lipinski definition) is 1. The minimum atomic E-state index is 0.700. The molecular weight excluding hydrogens is 228 g/mol. The first kappa shape index (κ1) is 7.56. The lowest BCUT2D eigenvalue weighted by atomic mass is 10.3. The first-order valence-corrected chi connectivity index (χ1v) is 5.27. The maximum absolute atomic E-state index is 4.55. The van der Waals surface area contributed by atoms with Crippen molar-refractivity contribution in [1.82, 2.24) is 9.97 Å². The van der Waals surface area contributed by atoms with Crippen LogP contribution in [0, 0.1) is 0 Å². The molecule has 0 atom stereocenters. The fraction of sp³-hybridized carbons (Fsp3) is 0.300. The van der Waals surface area contributed by atoms with Gasteiger partial charge in [-0.15, -0.1) is 0 Å². The molecule has 13 heavy (non-hydrogen) atoms. The summed E-state index contributed by atoms with van der Waals surface area (Å²) in [6.45, 7) is 0. The molecule has 1 heterocycles. The largest absolute Gasteiger partial charge is 0.342 e. The zero-order valence-electron chi connectivity index (χ0n) is 7.05. The number of aromatic amines is 1. The number of hydrogen-bond acceptors (Lipinski definition) is 1. The molecule has 0 saturated heterocycles. The summed E-state index contributed by atoms with van der Waals surface area (Å²) in [5, 5.41) is 0. The first-order valence-electron chi connectivity index (χ1n) is 4.48. The summed E-state index contributed by atoms with van der Waals surface area (Å²) in [7, 11) is 0. The zero-order chi connectivity index (χ0) is 8.84. The lowest BCUT2D eigenvalue weighted by molar-refractivity contribution is 0.986. The van der Waals surface area contributed by atoms with Crippen LogP contribution < -0.4 is 0 Å². The lowest BCUT2D eigenvalue weighted by Gasteiger charge is -1.87. The number of nitrogens with one attached hydrogen (secondary N) is 1. The third-order valence-electron chi connectivity index (χ3n) is 2.43. The normalized spacial score (nSPS) is 16.7. The highest BCUT2D eigenvalue weighted by atomic mass is 79.9. The van der Waals surface area contributed by atoms with Crippen LogP contribution in [0.15, 0.2) is 22.7 Å². The number of rotatable bonds is 1. The highest BCUT2D eigenvalue weighted by Crippen LogP contribution is 2.39. The van der Waals surface area contributed by atoms with E-state index in [1.165, 1.54) is 12.8 Å². The average molecular weight is 237 g/mol. The maximum atomic E-state index is 4.55. The van der Waals surface area contributed by atoms with Crippen LogP contribution in [-0.4, -0.2) is 9.97 Å². The molecule has 0 unspecified atom stereocenters. The smallest absolute Gasteiger partial charge is 0.110 e. The Balaban J connectivity index is 2.20. The summed E-state index contributed by atoms with van der Waals surface area (Å²) in [5.41, 5.74) is 2.21. The van der Waals surface area contributed by atoms with E-state index >= 15 is 0 Å². The Morgan fingerprint density at radius 2 is 2.23 bits per heavy atom. The number of halogens is 1. The summed E-state index contributed by atoms with van der Waals surface area (Å²) < 4.78 is 1.09. The van der Waals surface area contributed by atoms with Gasteiger partial charge in [0.1, 0.15) is 5.82 Å². The van der Waals surface area contributed by atoms with Gasteiger partial charge in [0.2, 0.25) is 0 Å². The van der Waals surface area contributed by atoms with Gasteiger partial charge in [-0.05, 0) is 31.0 Å². The van der Waals surface area contributed by atoms with Crippen molar-refractivity contribution < 1.29 is 0 Å². The van der Waals surface area contributed by atoms with Crippen LogP contribution >= 0.6 is 15.9 Å². The third kappa shape index (κ3) is 1.27. The quantitative estimate of drug-likeness (QED) is 0.810. The SMILES string of the molecule is Brc1ccc2[nH]c(C3CC3)nc2c1. The monoisotopic (exact) mass is 236 g/mol. The van der Waals surface area contributed by atoms with Gasteiger partial charge >= 0.3 is 0 Å². The van der Waals surface area contributed by atoms with Crippen LogP contribution in [0.1, 0.15) is 24.6 Å². The van der Waals surface area contributed by atoms with Crippen LogP contribution in [0.3, 0.4) is 0 Å². The molecule has 0 aliphatic heterocycles. The highest BCUT2D eigenvalue weighted by molar-refractivity contribution is 9.10. The second-order valence-electron chi connectivity index (χ2n) is 3.56. The molecule has 66 valence electrons. The summed E-state index contributed by atoms with van der Waals surface area (Å²) >= 11 is 3.44. The molecule has 1 saturated carbocycles. The number of H-pyrrole nitrogens is 1. The van der Waals surface area contributed by atoms with E-state index in [1.807, 2.05) is 6.07 Å². The van der Waals surface area contributed by atoms with E-state index in [1.54, 1.807) is 0 Å². The Bertz CT molecular complexity index is 457. The van der Waals surface area contributed by atoms with E-state index in [4.69, 9.17) is 0 Å². The number of fused-ring (bicyclic) bond motifs is 1. The number of aromatic nitrogens is 2. The second-order valence-corrected chi connectivity index (χ2v) is 4.47. The van der Waals surface area contributed by atoms with Crippen LogP contribution in [-0.2, 0) is 0 Å². The third-order valence-corrected chi connectivity index (χ3v) is 2.92. The lowest BCUT2D eigenvalue weighted by Crippen LogP contribution is -1.79. The topological polar surface area (TPSA) is 28.7 Å². The second kappa shape index (κ2) is 2.58. The fourth-order valence-corrected chi connectivity index (χ4v) is 1.90. The Kier molecular flexibility index (Phi) is 1.50. The molecular formula is C10H9BrN2. The van der Waals surface area contributed by atoms with Gasteiger partial charge in [0.05, 0.1) is 11.0 Å². The molecule has 3 heteroatoms. The molecule has 2 nitrogen and oxygen atoms in total. The van der Waals surface area contributed by atoms with Gasteiger partial charge in [-0.25, -0.2) is 4.98 Å². The molecule has 2 aromatic rings. The van der Waals surface area contributed by atoms with E-state index < -0.39 is 0 Å². The molecule has 1 N–H and O–H groups in total. The van der Waals surface area contributed by atoms with E-state index in [2.05, 4.69) is 38.0 Å². The van der Waals surface area contributed by atoms with E-state index in [9.17, 15) is 0 Å². The van der Waals surface area contributed by atoms with E-state index in [-0.39, 0.29) is 0 Å². The van der Waals surface area contributed by atoms with Gasteiger partial charge in [0, 0.05) is 10.4 Å². The summed E-state index contributed by atoms with van der Waals surface area (Å²) in [4.78, 5) is 7.90. The first-order chi connectivity index (χ1) is 6.33. The predicted molar refractivity (Wildman–Crippen MR) is 55.8 cm³/mol. The molecule has 0 spiro atoms. The van der Waals surface area contributed by atoms with Crippen molar-refractivity contribution in [3.05, 3.63) is 28.5 Å². The average Bonchev–Trinajstić information content (AvgIpc) is 2.87. The van der Waals surface area contributed by atoms with Gasteiger partial charge < -0.3 is 4.98 Å². The molecule has 3 rings (SSSR count). The van der Waals surface area contributed by atoms with E-state index in [0.29, 0.717) is 5.92 Å². The Morgan fingerprint density at radius 1 is 1.38 bits per heavy atom. The highest BCUT2D eigenvalue weighted by Gasteiger charge is 2.26. The summed E-state index contributed by atoms with van der Waals surface area (Å²) in [5.74, 6) is 1.86. The summed E-state index contributed by atoms with van der Waals surface area (Å²) in [6, 6.07) is 6.16. The van der Waals surface area contributed by atoms with Crippen LogP contribution in [0.2, 0.25) is 0 Å². The summed E-state index contributed by atoms with van der Waals surface area (Å²) in [6.07, 6.45) is 2.59. The fourth-order valence-electron chi connectivity index (χ4n) is 1.55. The minimum Gasteiger partial charge on any atom is -0.342 e. The number of benzene rings is 1. The Hall–Kier alpha value is -0.830. The van der Waals surface area contributed by atoms with Crippen molar-refractivity contribution in [1.29, 1.82) is 0 Å². The molecule has 0 radical (unpaired) electrons. The van der Waals surface area contributed by atoms with Crippen molar-refractivity contribution >= 4 is 27.0 Å². The van der Waals surface area contributed by atoms with Crippen molar-refractivity contribution in [2.24, 2.45) is 0 Å². The molecule has 0 amide bonds. The zero-order valence-corrected chi connectivity index (χ0v) is 8.63. The minimum absolute atomic E-state index is 0.700. The van der Waals surface area contributed by atoms with Crippen LogP contribution in [0.5, 0.6) is 0 Å². The molecule has 1 aliphatic rings. The van der Waals surface area contributed by atoms with Gasteiger partial charge in [-0.2, -0.15) is 0 Å². The van der Waals surface area contributed by atoms with Gasteiger partial charge in [-0.1, -0.05) is 15.9 Å². The Morgan fingerprint density at radius 3 is 3.00 bits per heavy atom. The van der Waals surface area contributed by atoms with Crippen LogP contribution in [0.4, 0.5) is 0 Å². The van der Waals surface area contributed by atoms with Gasteiger partial charge in [0.15, 0.2) is 0 Å². The van der Waals surface area contributed by atoms with Crippen molar-refractivity contribution in [2.75, 3.05) is 0 Å². The molecule has 0 bridgehead atoms. The molecule has 1 aromatic carbocycles.